The van der Waals surface area contributed by atoms with Crippen molar-refractivity contribution in [2.24, 2.45) is 5.92 Å². The monoisotopic (exact) mass is 401 g/mol. The number of aromatic nitrogens is 1. The third-order valence-electron chi connectivity index (χ3n) is 5.69. The van der Waals surface area contributed by atoms with Crippen molar-refractivity contribution in [2.45, 2.75) is 25.3 Å². The van der Waals surface area contributed by atoms with Crippen LogP contribution in [0.15, 0.2) is 72.9 Å². The molecule has 0 radical (unpaired) electrons. The van der Waals surface area contributed by atoms with Gasteiger partial charge in [0.15, 0.2) is 0 Å². The van der Waals surface area contributed by atoms with E-state index in [0.717, 1.165) is 42.9 Å². The molecule has 0 fully saturated rings. The number of aliphatic carboxylic acids is 1. The minimum atomic E-state index is -0.799. The number of anilines is 1. The Morgan fingerprint density at radius 1 is 1.07 bits per heavy atom. The van der Waals surface area contributed by atoms with Crippen LogP contribution in [0.5, 0.6) is 0 Å². The third-order valence-corrected chi connectivity index (χ3v) is 5.69. The van der Waals surface area contributed by atoms with Gasteiger partial charge in [0, 0.05) is 24.7 Å². The summed E-state index contributed by atoms with van der Waals surface area (Å²) in [5.41, 5.74) is 5.60. The molecule has 0 saturated heterocycles. The number of pyridine rings is 1. The van der Waals surface area contributed by atoms with Gasteiger partial charge in [-0.15, -0.1) is 0 Å². The summed E-state index contributed by atoms with van der Waals surface area (Å²) in [5, 5.41) is 16.2. The lowest BCUT2D eigenvalue weighted by Crippen LogP contribution is -2.37. The van der Waals surface area contributed by atoms with Crippen LogP contribution in [0, 0.1) is 5.92 Å². The van der Waals surface area contributed by atoms with Crippen LogP contribution in [-0.2, 0) is 24.1 Å². The molecule has 30 heavy (non-hydrogen) atoms. The van der Waals surface area contributed by atoms with Crippen molar-refractivity contribution < 1.29 is 9.90 Å². The molecule has 1 aromatic heterocycles. The van der Waals surface area contributed by atoms with Gasteiger partial charge in [0.25, 0.3) is 0 Å². The highest BCUT2D eigenvalue weighted by Crippen LogP contribution is 2.31. The fourth-order valence-corrected chi connectivity index (χ4v) is 4.15. The molecular weight excluding hydrogens is 374 g/mol. The Labute approximate surface area is 177 Å². The number of nitrogens with zero attached hydrogens (tertiary/aromatic N) is 1. The zero-order valence-electron chi connectivity index (χ0n) is 16.9. The van der Waals surface area contributed by atoms with Crippen molar-refractivity contribution in [3.05, 3.63) is 95.3 Å². The second kappa shape index (κ2) is 9.55. The summed E-state index contributed by atoms with van der Waals surface area (Å²) < 4.78 is 0. The van der Waals surface area contributed by atoms with Crippen LogP contribution in [0.2, 0.25) is 0 Å². The van der Waals surface area contributed by atoms with Gasteiger partial charge in [-0.05, 0) is 48.2 Å². The molecule has 0 unspecified atom stereocenters. The molecule has 2 atom stereocenters. The quantitative estimate of drug-likeness (QED) is 0.534. The summed E-state index contributed by atoms with van der Waals surface area (Å²) in [6.07, 6.45) is 3.77. The highest BCUT2D eigenvalue weighted by atomic mass is 16.4. The van der Waals surface area contributed by atoms with Gasteiger partial charge in [0.1, 0.15) is 0 Å². The Bertz CT molecular complexity index is 973. The molecule has 0 saturated carbocycles. The number of hydrogen-bond donors (Lipinski definition) is 3. The highest BCUT2D eigenvalue weighted by molar-refractivity contribution is 5.70. The Morgan fingerprint density at radius 3 is 2.60 bits per heavy atom. The standard InChI is InChI=1S/C25H27N3O2/c29-24(30)15-19-10-8-18(9-11-19)12-14-27-25(20-5-2-1-3-6-20)21-16-23-22(28-17-21)7-4-13-26-23/h1-11,13,21,25,27-28H,12,14-17H2,(H,29,30)/t21-,25-/m1/s1. The predicted octanol–water partition coefficient (Wildman–Crippen LogP) is 3.87. The van der Waals surface area contributed by atoms with E-state index >= 15 is 0 Å². The first-order chi connectivity index (χ1) is 14.7. The fourth-order valence-electron chi connectivity index (χ4n) is 4.15. The van der Waals surface area contributed by atoms with Gasteiger partial charge in [-0.2, -0.15) is 0 Å². The molecule has 0 bridgehead atoms. The van der Waals surface area contributed by atoms with E-state index in [4.69, 9.17) is 5.11 Å². The van der Waals surface area contributed by atoms with Crippen LogP contribution in [-0.4, -0.2) is 29.1 Å². The van der Waals surface area contributed by atoms with Crippen LogP contribution in [0.1, 0.15) is 28.4 Å². The summed E-state index contributed by atoms with van der Waals surface area (Å²) in [6, 6.07) is 22.8. The molecule has 3 N–H and O–H groups in total. The lowest BCUT2D eigenvalue weighted by atomic mass is 9.86. The second-order valence-electron chi connectivity index (χ2n) is 7.82. The Balaban J connectivity index is 1.42. The molecule has 1 aliphatic rings. The van der Waals surface area contributed by atoms with E-state index < -0.39 is 5.97 Å². The van der Waals surface area contributed by atoms with Gasteiger partial charge in [-0.3, -0.25) is 9.78 Å². The Kier molecular flexibility index (Phi) is 6.40. The molecule has 0 aliphatic carbocycles. The number of carboxylic acid groups (broad SMARTS) is 1. The minimum Gasteiger partial charge on any atom is -0.481 e. The van der Waals surface area contributed by atoms with Crippen molar-refractivity contribution in [3.63, 3.8) is 0 Å². The number of benzene rings is 2. The maximum atomic E-state index is 10.8. The van der Waals surface area contributed by atoms with E-state index in [2.05, 4.69) is 52.0 Å². The van der Waals surface area contributed by atoms with Crippen molar-refractivity contribution in [2.75, 3.05) is 18.4 Å². The van der Waals surface area contributed by atoms with Crippen LogP contribution < -0.4 is 10.6 Å². The summed E-state index contributed by atoms with van der Waals surface area (Å²) in [6.45, 7) is 1.76. The van der Waals surface area contributed by atoms with Crippen molar-refractivity contribution in [1.29, 1.82) is 0 Å². The summed E-state index contributed by atoms with van der Waals surface area (Å²) in [4.78, 5) is 15.4. The molecule has 154 valence electrons. The second-order valence-corrected chi connectivity index (χ2v) is 7.82. The number of nitrogens with one attached hydrogen (secondary N) is 2. The van der Waals surface area contributed by atoms with E-state index in [9.17, 15) is 4.79 Å². The average molecular weight is 402 g/mol. The minimum absolute atomic E-state index is 0.0683. The average Bonchev–Trinajstić information content (AvgIpc) is 2.78. The molecule has 0 spiro atoms. The van der Waals surface area contributed by atoms with Crippen LogP contribution in [0.25, 0.3) is 0 Å². The van der Waals surface area contributed by atoms with E-state index in [1.165, 1.54) is 11.1 Å². The number of hydrogen-bond acceptors (Lipinski definition) is 4. The fraction of sp³-hybridized carbons (Fsp3) is 0.280. The van der Waals surface area contributed by atoms with Gasteiger partial charge in [-0.1, -0.05) is 54.6 Å². The van der Waals surface area contributed by atoms with Crippen molar-refractivity contribution in [1.82, 2.24) is 10.3 Å². The first-order valence-corrected chi connectivity index (χ1v) is 10.4. The summed E-state index contributed by atoms with van der Waals surface area (Å²) >= 11 is 0. The smallest absolute Gasteiger partial charge is 0.307 e. The SMILES string of the molecule is O=C(O)Cc1ccc(CCN[C@H](c2ccccc2)[C@H]2CNc3cccnc3C2)cc1. The number of rotatable bonds is 8. The Morgan fingerprint density at radius 2 is 1.83 bits per heavy atom. The Hall–Kier alpha value is -3.18. The number of fused-ring (bicyclic) bond motifs is 1. The molecule has 5 heteroatoms. The third kappa shape index (κ3) is 5.05. The first kappa shape index (κ1) is 20.1. The lowest BCUT2D eigenvalue weighted by Gasteiger charge is -2.33. The molecular formula is C25H27N3O2. The van der Waals surface area contributed by atoms with Crippen LogP contribution in [0.3, 0.4) is 0 Å². The normalized spacial score (nSPS) is 16.3. The van der Waals surface area contributed by atoms with E-state index in [1.54, 1.807) is 0 Å². The van der Waals surface area contributed by atoms with E-state index in [-0.39, 0.29) is 12.5 Å². The van der Waals surface area contributed by atoms with E-state index in [1.807, 2.05) is 36.5 Å². The maximum absolute atomic E-state index is 10.8. The van der Waals surface area contributed by atoms with Crippen LogP contribution in [0.4, 0.5) is 5.69 Å². The number of carbonyl (C=O) groups is 1. The van der Waals surface area contributed by atoms with Gasteiger partial charge in [-0.25, -0.2) is 0 Å². The largest absolute Gasteiger partial charge is 0.481 e. The van der Waals surface area contributed by atoms with Gasteiger partial charge in [0.05, 0.1) is 17.8 Å². The van der Waals surface area contributed by atoms with Gasteiger partial charge < -0.3 is 15.7 Å². The molecule has 1 aliphatic heterocycles. The molecule has 0 amide bonds. The maximum Gasteiger partial charge on any atom is 0.307 e. The first-order valence-electron chi connectivity index (χ1n) is 10.4. The van der Waals surface area contributed by atoms with Crippen molar-refractivity contribution >= 4 is 11.7 Å². The molecule has 3 aromatic rings. The zero-order valence-corrected chi connectivity index (χ0v) is 16.9. The summed E-state index contributed by atoms with van der Waals surface area (Å²) in [7, 11) is 0. The van der Waals surface area contributed by atoms with Gasteiger partial charge in [0.2, 0.25) is 0 Å². The summed E-state index contributed by atoms with van der Waals surface area (Å²) in [5.74, 6) is -0.389. The lowest BCUT2D eigenvalue weighted by molar-refractivity contribution is -0.136. The molecule has 2 aromatic carbocycles. The van der Waals surface area contributed by atoms with E-state index in [0.29, 0.717) is 5.92 Å². The van der Waals surface area contributed by atoms with Crippen molar-refractivity contribution in [3.8, 4) is 0 Å². The predicted molar refractivity (Wildman–Crippen MR) is 119 cm³/mol. The van der Waals surface area contributed by atoms with Crippen LogP contribution >= 0.6 is 0 Å². The molecule has 5 nitrogen and oxygen atoms in total. The van der Waals surface area contributed by atoms with Gasteiger partial charge >= 0.3 is 5.97 Å². The highest BCUT2D eigenvalue weighted by Gasteiger charge is 2.27. The topological polar surface area (TPSA) is 74.2 Å². The zero-order chi connectivity index (χ0) is 20.8. The number of carboxylic acids is 1. The molecule has 4 rings (SSSR count). The molecule has 2 heterocycles.